The average molecular weight is 305 g/mol. The Balaban J connectivity index is 0.00000180. The minimum atomic E-state index is 0. The molecular formula is C14H22Cl2N2O. The van der Waals surface area contributed by atoms with Crippen LogP contribution in [0.25, 0.3) is 0 Å². The maximum absolute atomic E-state index is 6.19. The first-order chi connectivity index (χ1) is 8.70. The number of rotatable bonds is 4. The van der Waals surface area contributed by atoms with Crippen LogP contribution in [0.4, 0.5) is 0 Å². The zero-order valence-corrected chi connectivity index (χ0v) is 12.8. The molecule has 0 spiro atoms. The second-order valence-corrected chi connectivity index (χ2v) is 5.18. The number of likely N-dealkylation sites (tertiary alicyclic amines) is 1. The highest BCUT2D eigenvalue weighted by atomic mass is 35.5. The van der Waals surface area contributed by atoms with Crippen LogP contribution in [0.2, 0.25) is 5.02 Å². The minimum absolute atomic E-state index is 0. The van der Waals surface area contributed by atoms with E-state index in [9.17, 15) is 0 Å². The molecule has 1 aromatic carbocycles. The Morgan fingerprint density at radius 1 is 1.37 bits per heavy atom. The zero-order chi connectivity index (χ0) is 13.0. The van der Waals surface area contributed by atoms with Crippen LogP contribution in [0, 0.1) is 0 Å². The summed E-state index contributed by atoms with van der Waals surface area (Å²) in [7, 11) is 0. The molecular weight excluding hydrogens is 283 g/mol. The Morgan fingerprint density at radius 3 is 2.68 bits per heavy atom. The molecule has 2 N–H and O–H groups in total. The van der Waals surface area contributed by atoms with Crippen LogP contribution < -0.4 is 10.5 Å². The molecule has 1 aliphatic heterocycles. The average Bonchev–Trinajstić information content (AvgIpc) is 2.36. The molecule has 0 saturated carbocycles. The number of piperidine rings is 1. The standard InChI is InChI=1S/C14H21ClN2O.ClH/c1-2-18-14-11(4-3-5-13(14)15)10-17-8-6-12(16)7-9-17;/h3-5,12H,2,6-10,16H2,1H3;1H. The molecule has 1 fully saturated rings. The first-order valence-corrected chi connectivity index (χ1v) is 6.96. The Labute approximate surface area is 126 Å². The van der Waals surface area contributed by atoms with Gasteiger partial charge in [-0.05, 0) is 38.9 Å². The summed E-state index contributed by atoms with van der Waals surface area (Å²) in [4.78, 5) is 2.41. The SMILES string of the molecule is CCOc1c(Cl)cccc1CN1CCC(N)CC1.Cl. The first-order valence-electron chi connectivity index (χ1n) is 6.58. The highest BCUT2D eigenvalue weighted by molar-refractivity contribution is 6.32. The van der Waals surface area contributed by atoms with Gasteiger partial charge in [-0.15, -0.1) is 12.4 Å². The molecule has 5 heteroatoms. The third kappa shape index (κ3) is 4.53. The van der Waals surface area contributed by atoms with Crippen LogP contribution in [-0.2, 0) is 6.54 Å². The van der Waals surface area contributed by atoms with Crippen molar-refractivity contribution in [2.75, 3.05) is 19.7 Å². The highest BCUT2D eigenvalue weighted by Gasteiger charge is 2.18. The predicted molar refractivity (Wildman–Crippen MR) is 82.4 cm³/mol. The molecule has 0 amide bonds. The molecule has 19 heavy (non-hydrogen) atoms. The lowest BCUT2D eigenvalue weighted by atomic mass is 10.1. The molecule has 0 aliphatic carbocycles. The van der Waals surface area contributed by atoms with Crippen LogP contribution in [0.15, 0.2) is 18.2 Å². The van der Waals surface area contributed by atoms with Gasteiger partial charge in [0.2, 0.25) is 0 Å². The summed E-state index contributed by atoms with van der Waals surface area (Å²) in [5.41, 5.74) is 7.09. The normalized spacial score (nSPS) is 17.0. The summed E-state index contributed by atoms with van der Waals surface area (Å²) in [6.07, 6.45) is 2.15. The van der Waals surface area contributed by atoms with Crippen molar-refractivity contribution in [2.24, 2.45) is 5.73 Å². The molecule has 1 aromatic rings. The molecule has 3 nitrogen and oxygen atoms in total. The van der Waals surface area contributed by atoms with Gasteiger partial charge in [-0.1, -0.05) is 23.7 Å². The molecule has 0 bridgehead atoms. The van der Waals surface area contributed by atoms with E-state index in [-0.39, 0.29) is 12.4 Å². The van der Waals surface area contributed by atoms with Gasteiger partial charge in [0.25, 0.3) is 0 Å². The topological polar surface area (TPSA) is 38.5 Å². The second-order valence-electron chi connectivity index (χ2n) is 4.77. The van der Waals surface area contributed by atoms with Gasteiger partial charge in [0.15, 0.2) is 0 Å². The smallest absolute Gasteiger partial charge is 0.142 e. The summed E-state index contributed by atoms with van der Waals surface area (Å²) >= 11 is 6.19. The second kappa shape index (κ2) is 7.95. The van der Waals surface area contributed by atoms with E-state index >= 15 is 0 Å². The summed E-state index contributed by atoms with van der Waals surface area (Å²) < 4.78 is 5.65. The summed E-state index contributed by atoms with van der Waals surface area (Å²) in [5, 5.41) is 0.697. The minimum Gasteiger partial charge on any atom is -0.492 e. The van der Waals surface area contributed by atoms with E-state index in [1.807, 2.05) is 19.1 Å². The van der Waals surface area contributed by atoms with E-state index in [1.54, 1.807) is 0 Å². The Morgan fingerprint density at radius 2 is 2.05 bits per heavy atom. The monoisotopic (exact) mass is 304 g/mol. The number of halogens is 2. The number of benzene rings is 1. The largest absolute Gasteiger partial charge is 0.492 e. The van der Waals surface area contributed by atoms with Crippen LogP contribution in [0.3, 0.4) is 0 Å². The molecule has 108 valence electrons. The molecule has 0 atom stereocenters. The number of hydrogen-bond donors (Lipinski definition) is 1. The van der Waals surface area contributed by atoms with Crippen molar-refractivity contribution in [2.45, 2.75) is 32.4 Å². The summed E-state index contributed by atoms with van der Waals surface area (Å²) in [6.45, 7) is 5.62. The van der Waals surface area contributed by atoms with E-state index < -0.39 is 0 Å². The van der Waals surface area contributed by atoms with Crippen LogP contribution in [-0.4, -0.2) is 30.6 Å². The van der Waals surface area contributed by atoms with Crippen molar-refractivity contribution in [1.29, 1.82) is 0 Å². The van der Waals surface area contributed by atoms with E-state index in [0.717, 1.165) is 38.2 Å². The molecule has 0 aromatic heterocycles. The van der Waals surface area contributed by atoms with E-state index in [0.29, 0.717) is 17.7 Å². The van der Waals surface area contributed by atoms with Gasteiger partial charge in [-0.2, -0.15) is 0 Å². The third-order valence-electron chi connectivity index (χ3n) is 3.36. The number of ether oxygens (including phenoxy) is 1. The Kier molecular flexibility index (Phi) is 6.94. The lowest BCUT2D eigenvalue weighted by molar-refractivity contribution is 0.202. The van der Waals surface area contributed by atoms with Gasteiger partial charge < -0.3 is 10.5 Å². The van der Waals surface area contributed by atoms with Gasteiger partial charge in [0.1, 0.15) is 5.75 Å². The molecule has 1 heterocycles. The fourth-order valence-electron chi connectivity index (χ4n) is 2.34. The number of nitrogens with zero attached hydrogens (tertiary/aromatic N) is 1. The molecule has 0 radical (unpaired) electrons. The highest BCUT2D eigenvalue weighted by Crippen LogP contribution is 2.30. The van der Waals surface area contributed by atoms with Gasteiger partial charge >= 0.3 is 0 Å². The van der Waals surface area contributed by atoms with E-state index in [1.165, 1.54) is 5.56 Å². The van der Waals surface area contributed by atoms with Crippen molar-refractivity contribution >= 4 is 24.0 Å². The maximum Gasteiger partial charge on any atom is 0.142 e. The van der Waals surface area contributed by atoms with Crippen molar-refractivity contribution in [3.05, 3.63) is 28.8 Å². The van der Waals surface area contributed by atoms with Crippen molar-refractivity contribution in [3.63, 3.8) is 0 Å². The molecule has 0 unspecified atom stereocenters. The fourth-order valence-corrected chi connectivity index (χ4v) is 2.58. The number of para-hydroxylation sites is 1. The third-order valence-corrected chi connectivity index (χ3v) is 3.66. The Bertz CT molecular complexity index is 393. The zero-order valence-electron chi connectivity index (χ0n) is 11.3. The lowest BCUT2D eigenvalue weighted by Crippen LogP contribution is -2.39. The number of hydrogen-bond acceptors (Lipinski definition) is 3. The van der Waals surface area contributed by atoms with E-state index in [2.05, 4.69) is 11.0 Å². The van der Waals surface area contributed by atoms with Crippen molar-refractivity contribution in [1.82, 2.24) is 4.90 Å². The Hall–Kier alpha value is -0.480. The molecule has 1 aliphatic rings. The molecule has 1 saturated heterocycles. The number of nitrogens with two attached hydrogens (primary N) is 1. The van der Waals surface area contributed by atoms with Gasteiger partial charge in [0.05, 0.1) is 11.6 Å². The summed E-state index contributed by atoms with van der Waals surface area (Å²) in [6, 6.07) is 6.32. The van der Waals surface area contributed by atoms with Crippen LogP contribution in [0.1, 0.15) is 25.3 Å². The van der Waals surface area contributed by atoms with Gasteiger partial charge in [0, 0.05) is 18.2 Å². The summed E-state index contributed by atoms with van der Waals surface area (Å²) in [5.74, 6) is 0.830. The van der Waals surface area contributed by atoms with Crippen molar-refractivity contribution < 1.29 is 4.74 Å². The molecule has 2 rings (SSSR count). The lowest BCUT2D eigenvalue weighted by Gasteiger charge is -2.30. The predicted octanol–water partition coefficient (Wildman–Crippen LogP) is 3.08. The van der Waals surface area contributed by atoms with Gasteiger partial charge in [-0.25, -0.2) is 0 Å². The van der Waals surface area contributed by atoms with Gasteiger partial charge in [-0.3, -0.25) is 4.90 Å². The first kappa shape index (κ1) is 16.6. The van der Waals surface area contributed by atoms with Crippen LogP contribution in [0.5, 0.6) is 5.75 Å². The fraction of sp³-hybridized carbons (Fsp3) is 0.571. The quantitative estimate of drug-likeness (QED) is 0.929. The van der Waals surface area contributed by atoms with Crippen molar-refractivity contribution in [3.8, 4) is 5.75 Å². The van der Waals surface area contributed by atoms with Crippen LogP contribution >= 0.6 is 24.0 Å². The van der Waals surface area contributed by atoms with E-state index in [4.69, 9.17) is 22.1 Å². The maximum atomic E-state index is 6.19.